The first kappa shape index (κ1) is 22.9. The highest BCUT2D eigenvalue weighted by Crippen LogP contribution is 2.35. The van der Waals surface area contributed by atoms with Crippen LogP contribution in [0.5, 0.6) is 5.75 Å². The van der Waals surface area contributed by atoms with E-state index in [-0.39, 0.29) is 5.56 Å². The number of fused-ring (bicyclic) bond motifs is 1. The van der Waals surface area contributed by atoms with Gasteiger partial charge in [-0.15, -0.1) is 37.9 Å². The molecule has 1 aliphatic rings. The Morgan fingerprint density at radius 1 is 1.18 bits per heavy atom. The SMILES string of the molecule is Cc1ccc(-c2c(=O)n(-c3ccc(OC(S)(S)S)cc3)nc3c(C#N)cn(CC4CC4)c23)cn1. The van der Waals surface area contributed by atoms with E-state index in [1.54, 1.807) is 36.7 Å². The van der Waals surface area contributed by atoms with Crippen LogP contribution in [0.2, 0.25) is 0 Å². The minimum Gasteiger partial charge on any atom is -0.459 e. The summed E-state index contributed by atoms with van der Waals surface area (Å²) in [4.78, 5) is 18.2. The predicted octanol–water partition coefficient (Wildman–Crippen LogP) is 4.62. The number of aryl methyl sites for hydroxylation is 1. The summed E-state index contributed by atoms with van der Waals surface area (Å²) in [5, 5.41) is 14.5. The molecule has 0 saturated heterocycles. The van der Waals surface area contributed by atoms with Crippen molar-refractivity contribution in [3.63, 3.8) is 0 Å². The molecule has 0 unspecified atom stereocenters. The molecule has 0 radical (unpaired) electrons. The van der Waals surface area contributed by atoms with E-state index in [9.17, 15) is 10.1 Å². The smallest absolute Gasteiger partial charge is 0.281 e. The summed E-state index contributed by atoms with van der Waals surface area (Å²) >= 11 is 12.4. The lowest BCUT2D eigenvalue weighted by Gasteiger charge is -2.18. The van der Waals surface area contributed by atoms with Gasteiger partial charge < -0.3 is 9.30 Å². The molecule has 0 bridgehead atoms. The Morgan fingerprint density at radius 3 is 2.50 bits per heavy atom. The molecule has 0 atom stereocenters. The van der Waals surface area contributed by atoms with Crippen molar-refractivity contribution in [2.24, 2.45) is 5.92 Å². The van der Waals surface area contributed by atoms with Crippen LogP contribution in [-0.4, -0.2) is 22.9 Å². The standard InChI is InChI=1S/C24H21N5O2S3/c1-14-2-5-16(11-26-14)20-22-21(17(10-25)13-28(22)12-15-3-4-15)27-29(23(20)30)18-6-8-19(9-7-18)31-24(32,33)34/h2,5-9,11,13,15,32-34H,3-4,12H2,1H3. The van der Waals surface area contributed by atoms with Gasteiger partial charge in [0.2, 0.25) is 3.60 Å². The number of benzene rings is 1. The number of aromatic nitrogens is 4. The van der Waals surface area contributed by atoms with E-state index in [2.05, 4.69) is 54.0 Å². The molecule has 34 heavy (non-hydrogen) atoms. The van der Waals surface area contributed by atoms with Crippen molar-refractivity contribution in [2.75, 3.05) is 0 Å². The van der Waals surface area contributed by atoms with Crippen molar-refractivity contribution in [3.05, 3.63) is 70.4 Å². The van der Waals surface area contributed by atoms with Crippen molar-refractivity contribution in [1.82, 2.24) is 19.3 Å². The van der Waals surface area contributed by atoms with Crippen molar-refractivity contribution >= 4 is 48.9 Å². The first-order valence-corrected chi connectivity index (χ1v) is 12.0. The first-order valence-electron chi connectivity index (χ1n) is 10.7. The third kappa shape index (κ3) is 4.56. The number of nitriles is 1. The quantitative estimate of drug-likeness (QED) is 0.262. The van der Waals surface area contributed by atoms with Crippen LogP contribution in [0, 0.1) is 24.2 Å². The number of hydrogen-bond donors (Lipinski definition) is 3. The summed E-state index contributed by atoms with van der Waals surface area (Å²) in [7, 11) is 0. The Balaban J connectivity index is 1.74. The maximum Gasteiger partial charge on any atom is 0.281 e. The van der Waals surface area contributed by atoms with E-state index in [1.165, 1.54) is 4.68 Å². The monoisotopic (exact) mass is 507 g/mol. The fourth-order valence-electron chi connectivity index (χ4n) is 3.93. The highest BCUT2D eigenvalue weighted by atomic mass is 32.2. The number of thiol groups is 3. The second-order valence-corrected chi connectivity index (χ2v) is 11.3. The van der Waals surface area contributed by atoms with Crippen LogP contribution in [0.4, 0.5) is 0 Å². The highest BCUT2D eigenvalue weighted by molar-refractivity contribution is 8.16. The van der Waals surface area contributed by atoms with Gasteiger partial charge in [0.25, 0.3) is 5.56 Å². The molecule has 5 rings (SSSR count). The molecule has 4 aromatic rings. The lowest BCUT2D eigenvalue weighted by atomic mass is 10.1. The van der Waals surface area contributed by atoms with E-state index in [1.807, 2.05) is 23.6 Å². The first-order chi connectivity index (χ1) is 16.2. The Hall–Kier alpha value is -2.87. The van der Waals surface area contributed by atoms with Crippen LogP contribution in [-0.2, 0) is 6.54 Å². The van der Waals surface area contributed by atoms with Gasteiger partial charge in [-0.1, -0.05) is 6.07 Å². The molecular weight excluding hydrogens is 486 g/mol. The Bertz CT molecular complexity index is 1480. The van der Waals surface area contributed by atoms with Gasteiger partial charge in [-0.3, -0.25) is 9.78 Å². The molecule has 1 aliphatic carbocycles. The van der Waals surface area contributed by atoms with Gasteiger partial charge in [-0.05, 0) is 56.0 Å². The minimum absolute atomic E-state index is 0.293. The Kier molecular flexibility index (Phi) is 5.88. The van der Waals surface area contributed by atoms with Gasteiger partial charge in [0.1, 0.15) is 17.3 Å². The third-order valence-electron chi connectivity index (χ3n) is 5.70. The fourth-order valence-corrected chi connectivity index (χ4v) is 4.25. The Labute approximate surface area is 212 Å². The fraction of sp³-hybridized carbons (Fsp3) is 0.250. The summed E-state index contributed by atoms with van der Waals surface area (Å²) in [6.07, 6.45) is 5.79. The molecule has 3 heterocycles. The summed E-state index contributed by atoms with van der Waals surface area (Å²) in [6.45, 7) is 2.65. The summed E-state index contributed by atoms with van der Waals surface area (Å²) in [6, 6.07) is 12.8. The van der Waals surface area contributed by atoms with E-state index in [4.69, 9.17) is 4.74 Å². The van der Waals surface area contributed by atoms with Crippen LogP contribution >= 0.6 is 37.9 Å². The van der Waals surface area contributed by atoms with Crippen molar-refractivity contribution < 1.29 is 4.74 Å². The normalized spacial score (nSPS) is 13.7. The van der Waals surface area contributed by atoms with E-state index >= 15 is 0 Å². The van der Waals surface area contributed by atoms with Gasteiger partial charge in [-0.25, -0.2) is 0 Å². The zero-order valence-corrected chi connectivity index (χ0v) is 20.9. The number of rotatable bonds is 6. The summed E-state index contributed by atoms with van der Waals surface area (Å²) in [5.41, 5.74) is 3.82. The molecule has 1 aromatic carbocycles. The molecule has 10 heteroatoms. The molecule has 0 aliphatic heterocycles. The lowest BCUT2D eigenvalue weighted by molar-refractivity contribution is 0.345. The van der Waals surface area contributed by atoms with Gasteiger partial charge in [0, 0.05) is 30.2 Å². The van der Waals surface area contributed by atoms with Gasteiger partial charge in [0.05, 0.1) is 22.3 Å². The summed E-state index contributed by atoms with van der Waals surface area (Å²) in [5.74, 6) is 1.04. The maximum absolute atomic E-state index is 13.8. The zero-order valence-electron chi connectivity index (χ0n) is 18.2. The van der Waals surface area contributed by atoms with Crippen molar-refractivity contribution in [3.8, 4) is 28.6 Å². The van der Waals surface area contributed by atoms with Crippen LogP contribution < -0.4 is 10.3 Å². The molecule has 172 valence electrons. The Morgan fingerprint density at radius 2 is 1.91 bits per heavy atom. The van der Waals surface area contributed by atoms with E-state index in [0.717, 1.165) is 25.1 Å². The molecular formula is C24H21N5O2S3. The van der Waals surface area contributed by atoms with E-state index < -0.39 is 3.60 Å². The molecule has 0 amide bonds. The van der Waals surface area contributed by atoms with Crippen molar-refractivity contribution in [2.45, 2.75) is 29.9 Å². The molecule has 3 aromatic heterocycles. The van der Waals surface area contributed by atoms with Crippen LogP contribution in [0.15, 0.2) is 53.6 Å². The number of hydrogen-bond acceptors (Lipinski definition) is 8. The summed E-state index contributed by atoms with van der Waals surface area (Å²) < 4.78 is 7.59. The van der Waals surface area contributed by atoms with E-state index in [0.29, 0.717) is 45.1 Å². The maximum atomic E-state index is 13.8. The topological polar surface area (TPSA) is 85.7 Å². The van der Waals surface area contributed by atoms with Crippen molar-refractivity contribution in [1.29, 1.82) is 5.26 Å². The average Bonchev–Trinajstić information content (AvgIpc) is 3.54. The number of ether oxygens (including phenoxy) is 1. The second-order valence-electron chi connectivity index (χ2n) is 8.40. The molecule has 0 spiro atoms. The highest BCUT2D eigenvalue weighted by Gasteiger charge is 2.26. The minimum atomic E-state index is -1.24. The number of pyridine rings is 1. The van der Waals surface area contributed by atoms with Gasteiger partial charge in [0.15, 0.2) is 0 Å². The van der Waals surface area contributed by atoms with Crippen LogP contribution in [0.25, 0.3) is 27.8 Å². The lowest BCUT2D eigenvalue weighted by Crippen LogP contribution is -2.24. The molecule has 7 nitrogen and oxygen atoms in total. The van der Waals surface area contributed by atoms with Crippen LogP contribution in [0.3, 0.4) is 0 Å². The molecule has 1 fully saturated rings. The largest absolute Gasteiger partial charge is 0.459 e. The average molecular weight is 508 g/mol. The number of nitrogens with zero attached hydrogens (tertiary/aromatic N) is 5. The van der Waals surface area contributed by atoms with Crippen LogP contribution in [0.1, 0.15) is 24.1 Å². The zero-order chi connectivity index (χ0) is 24.0. The molecule has 1 saturated carbocycles. The second kappa shape index (κ2) is 8.73. The predicted molar refractivity (Wildman–Crippen MR) is 141 cm³/mol. The molecule has 0 N–H and O–H groups in total. The third-order valence-corrected chi connectivity index (χ3v) is 5.98. The van der Waals surface area contributed by atoms with Gasteiger partial charge >= 0.3 is 0 Å². The van der Waals surface area contributed by atoms with Gasteiger partial charge in [-0.2, -0.15) is 15.0 Å².